The summed E-state index contributed by atoms with van der Waals surface area (Å²) >= 11 is 0. The zero-order valence-electron chi connectivity index (χ0n) is 9.52. The highest BCUT2D eigenvalue weighted by atomic mass is 14.9. The zero-order chi connectivity index (χ0) is 10.8. The summed E-state index contributed by atoms with van der Waals surface area (Å²) < 4.78 is 0. The summed E-state index contributed by atoms with van der Waals surface area (Å²) in [4.78, 5) is 0. The van der Waals surface area contributed by atoms with Crippen LogP contribution in [0.3, 0.4) is 0 Å². The van der Waals surface area contributed by atoms with Crippen molar-refractivity contribution < 1.29 is 5.32 Å². The molecule has 1 heteroatoms. The molecule has 1 aliphatic heterocycles. The molecule has 0 spiro atoms. The molecule has 0 aromatic heterocycles. The van der Waals surface area contributed by atoms with Crippen LogP contribution in [0, 0.1) is 0 Å². The van der Waals surface area contributed by atoms with E-state index in [9.17, 15) is 0 Å². The van der Waals surface area contributed by atoms with E-state index in [1.165, 1.54) is 42.1 Å². The third-order valence-corrected chi connectivity index (χ3v) is 3.62. The van der Waals surface area contributed by atoms with Crippen molar-refractivity contribution in [3.63, 3.8) is 0 Å². The molecule has 0 bridgehead atoms. The van der Waals surface area contributed by atoms with E-state index in [4.69, 9.17) is 0 Å². The lowest BCUT2D eigenvalue weighted by Gasteiger charge is -2.20. The second-order valence-electron chi connectivity index (χ2n) is 4.73. The van der Waals surface area contributed by atoms with Gasteiger partial charge in [0.15, 0.2) is 0 Å². The first-order valence-corrected chi connectivity index (χ1v) is 6.25. The summed E-state index contributed by atoms with van der Waals surface area (Å²) in [6.07, 6.45) is 4.09. The van der Waals surface area contributed by atoms with E-state index in [0.29, 0.717) is 6.04 Å². The van der Waals surface area contributed by atoms with Crippen molar-refractivity contribution in [3.05, 3.63) is 48.0 Å². The third kappa shape index (κ3) is 1.83. The third-order valence-electron chi connectivity index (χ3n) is 3.62. The predicted molar refractivity (Wildman–Crippen MR) is 67.3 cm³/mol. The fraction of sp³-hybridized carbons (Fsp3) is 0.333. The minimum atomic E-state index is 0.693. The molecule has 1 heterocycles. The van der Waals surface area contributed by atoms with Crippen LogP contribution in [0.5, 0.6) is 0 Å². The summed E-state index contributed by atoms with van der Waals surface area (Å²) in [7, 11) is 0. The van der Waals surface area contributed by atoms with Gasteiger partial charge >= 0.3 is 0 Å². The minimum absolute atomic E-state index is 0.693. The Morgan fingerprint density at radius 2 is 1.81 bits per heavy atom. The second kappa shape index (κ2) is 4.26. The van der Waals surface area contributed by atoms with Crippen molar-refractivity contribution >= 4 is 10.8 Å². The first-order chi connectivity index (χ1) is 7.93. The molecular formula is C15H18N+. The van der Waals surface area contributed by atoms with E-state index in [-0.39, 0.29) is 0 Å². The first-order valence-electron chi connectivity index (χ1n) is 6.25. The van der Waals surface area contributed by atoms with E-state index in [2.05, 4.69) is 47.8 Å². The van der Waals surface area contributed by atoms with E-state index in [1.807, 2.05) is 0 Å². The van der Waals surface area contributed by atoms with Gasteiger partial charge in [0.25, 0.3) is 0 Å². The number of hydrogen-bond donors (Lipinski definition) is 1. The van der Waals surface area contributed by atoms with Gasteiger partial charge in [-0.05, 0) is 29.7 Å². The van der Waals surface area contributed by atoms with Crippen LogP contribution >= 0.6 is 0 Å². The smallest absolute Gasteiger partial charge is 0.112 e. The average Bonchev–Trinajstić information content (AvgIpc) is 2.39. The van der Waals surface area contributed by atoms with Gasteiger partial charge in [-0.15, -0.1) is 0 Å². The summed E-state index contributed by atoms with van der Waals surface area (Å²) in [6.45, 7) is 1.29. The Hall–Kier alpha value is -1.34. The Labute approximate surface area is 96.5 Å². The Bertz CT molecular complexity index is 484. The summed E-state index contributed by atoms with van der Waals surface area (Å²) in [5.74, 6) is 0. The largest absolute Gasteiger partial charge is 0.340 e. The van der Waals surface area contributed by atoms with Crippen molar-refractivity contribution in [1.29, 1.82) is 0 Å². The van der Waals surface area contributed by atoms with Crippen LogP contribution in [-0.4, -0.2) is 6.54 Å². The van der Waals surface area contributed by atoms with E-state index >= 15 is 0 Å². The van der Waals surface area contributed by atoms with Crippen molar-refractivity contribution in [3.8, 4) is 0 Å². The van der Waals surface area contributed by atoms with Crippen LogP contribution in [0.1, 0.15) is 30.9 Å². The number of benzene rings is 2. The van der Waals surface area contributed by atoms with Gasteiger partial charge < -0.3 is 5.32 Å². The molecule has 82 valence electrons. The van der Waals surface area contributed by atoms with E-state index in [0.717, 1.165) is 0 Å². The van der Waals surface area contributed by atoms with Gasteiger partial charge in [-0.1, -0.05) is 36.4 Å². The lowest BCUT2D eigenvalue weighted by Crippen LogP contribution is -2.86. The number of rotatable bonds is 1. The van der Waals surface area contributed by atoms with Gasteiger partial charge in [-0.3, -0.25) is 0 Å². The Balaban J connectivity index is 1.97. The standard InChI is InChI=1S/C15H17N/c1-2-6-13-11-14(9-8-12(13)5-1)15-7-3-4-10-16-15/h1-2,5-6,8-9,11,15-16H,3-4,7,10H2/p+1/t15-/m1/s1. The first kappa shape index (κ1) is 9.86. The molecule has 0 saturated carbocycles. The lowest BCUT2D eigenvalue weighted by atomic mass is 9.95. The maximum absolute atomic E-state index is 2.49. The number of fused-ring (bicyclic) bond motifs is 1. The molecule has 0 radical (unpaired) electrons. The summed E-state index contributed by atoms with van der Waals surface area (Å²) in [5, 5.41) is 5.22. The molecule has 1 atom stereocenters. The molecule has 2 aromatic rings. The molecular weight excluding hydrogens is 194 g/mol. The Kier molecular flexibility index (Phi) is 2.63. The maximum Gasteiger partial charge on any atom is 0.112 e. The average molecular weight is 212 g/mol. The Morgan fingerprint density at radius 3 is 2.62 bits per heavy atom. The number of nitrogens with two attached hydrogens (primary N) is 1. The highest BCUT2D eigenvalue weighted by Gasteiger charge is 2.18. The van der Waals surface area contributed by atoms with Crippen LogP contribution in [0.25, 0.3) is 10.8 Å². The highest BCUT2D eigenvalue weighted by Crippen LogP contribution is 2.22. The Morgan fingerprint density at radius 1 is 0.938 bits per heavy atom. The van der Waals surface area contributed by atoms with Crippen LogP contribution in [-0.2, 0) is 0 Å². The van der Waals surface area contributed by atoms with Crippen molar-refractivity contribution in [2.45, 2.75) is 25.3 Å². The maximum atomic E-state index is 2.49. The van der Waals surface area contributed by atoms with Gasteiger partial charge in [0.2, 0.25) is 0 Å². The zero-order valence-corrected chi connectivity index (χ0v) is 9.52. The van der Waals surface area contributed by atoms with Crippen LogP contribution < -0.4 is 5.32 Å². The molecule has 0 amide bonds. The molecule has 0 aliphatic carbocycles. The molecule has 2 aromatic carbocycles. The fourth-order valence-electron chi connectivity index (χ4n) is 2.69. The van der Waals surface area contributed by atoms with Gasteiger partial charge in [0.1, 0.15) is 6.04 Å². The molecule has 1 fully saturated rings. The quantitative estimate of drug-likeness (QED) is 0.748. The minimum Gasteiger partial charge on any atom is -0.340 e. The topological polar surface area (TPSA) is 16.6 Å². The molecule has 1 saturated heterocycles. The fourth-order valence-corrected chi connectivity index (χ4v) is 2.69. The van der Waals surface area contributed by atoms with Crippen LogP contribution in [0.2, 0.25) is 0 Å². The predicted octanol–water partition coefficient (Wildman–Crippen LogP) is 2.63. The molecule has 16 heavy (non-hydrogen) atoms. The van der Waals surface area contributed by atoms with E-state index < -0.39 is 0 Å². The highest BCUT2D eigenvalue weighted by molar-refractivity contribution is 5.83. The molecule has 0 unspecified atom stereocenters. The molecule has 3 rings (SSSR count). The van der Waals surface area contributed by atoms with Crippen LogP contribution in [0.4, 0.5) is 0 Å². The molecule has 1 nitrogen and oxygen atoms in total. The van der Waals surface area contributed by atoms with E-state index in [1.54, 1.807) is 0 Å². The molecule has 2 N–H and O–H groups in total. The van der Waals surface area contributed by atoms with Crippen LogP contribution in [0.15, 0.2) is 42.5 Å². The van der Waals surface area contributed by atoms with Gasteiger partial charge in [-0.2, -0.15) is 0 Å². The van der Waals surface area contributed by atoms with Crippen molar-refractivity contribution in [1.82, 2.24) is 0 Å². The molecule has 1 aliphatic rings. The lowest BCUT2D eigenvalue weighted by molar-refractivity contribution is -0.704. The normalized spacial score (nSPS) is 21.1. The van der Waals surface area contributed by atoms with Gasteiger partial charge in [0.05, 0.1) is 6.54 Å². The summed E-state index contributed by atoms with van der Waals surface area (Å²) in [5.41, 5.74) is 1.50. The monoisotopic (exact) mass is 212 g/mol. The van der Waals surface area contributed by atoms with Gasteiger partial charge in [0, 0.05) is 12.0 Å². The SMILES string of the molecule is c1ccc2cc([C@H]3CCCC[NH2+]3)ccc2c1. The van der Waals surface area contributed by atoms with Crippen molar-refractivity contribution in [2.75, 3.05) is 6.54 Å². The second-order valence-corrected chi connectivity index (χ2v) is 4.73. The van der Waals surface area contributed by atoms with Gasteiger partial charge in [-0.25, -0.2) is 0 Å². The summed E-state index contributed by atoms with van der Waals surface area (Å²) in [6, 6.07) is 16.2. The van der Waals surface area contributed by atoms with Crippen molar-refractivity contribution in [2.24, 2.45) is 0 Å². The number of piperidine rings is 1. The number of quaternary nitrogens is 1. The number of hydrogen-bond acceptors (Lipinski definition) is 0.